The minimum atomic E-state index is -0.638. The number of hydrogen-bond acceptors (Lipinski definition) is 5. The van der Waals surface area contributed by atoms with Crippen molar-refractivity contribution in [1.82, 2.24) is 0 Å². The van der Waals surface area contributed by atoms with Gasteiger partial charge in [-0.3, -0.25) is 14.9 Å². The Labute approximate surface area is 232 Å². The van der Waals surface area contributed by atoms with Crippen molar-refractivity contribution in [3.05, 3.63) is 93.5 Å². The van der Waals surface area contributed by atoms with Gasteiger partial charge in [0.15, 0.2) is 0 Å². The molecule has 200 valence electrons. The molecule has 0 aliphatic carbocycles. The van der Waals surface area contributed by atoms with E-state index >= 15 is 0 Å². The number of nitrogens with one attached hydrogen (secondary N) is 2. The van der Waals surface area contributed by atoms with E-state index in [0.29, 0.717) is 23.4 Å². The van der Waals surface area contributed by atoms with Crippen LogP contribution in [0.25, 0.3) is 0 Å². The molecule has 3 aromatic rings. The standard InChI is InChI=1S/C29H30Cl2N2O5/c1-5-37-27(35)22(19-8-6-9-21(17-19)33-28(36)38-29(2,3)4)16-18-12-14-20(15-13-18)32-26(34)25-23(30)10-7-11-24(25)31/h6-15,17,22H,5,16H2,1-4H3,(H,32,34)(H,33,36). The van der Waals surface area contributed by atoms with Crippen molar-refractivity contribution in [2.24, 2.45) is 0 Å². The number of benzene rings is 3. The molecule has 0 aliphatic rings. The summed E-state index contributed by atoms with van der Waals surface area (Å²) in [5.74, 6) is -1.42. The first-order chi connectivity index (χ1) is 18.0. The molecule has 0 aliphatic heterocycles. The Morgan fingerprint density at radius 2 is 1.50 bits per heavy atom. The van der Waals surface area contributed by atoms with E-state index in [1.807, 2.05) is 18.2 Å². The Morgan fingerprint density at radius 3 is 2.11 bits per heavy atom. The number of hydrogen-bond donors (Lipinski definition) is 2. The zero-order chi connectivity index (χ0) is 27.9. The Kier molecular flexibility index (Phi) is 9.78. The third-order valence-corrected chi connectivity index (χ3v) is 5.98. The monoisotopic (exact) mass is 556 g/mol. The molecule has 0 aromatic heterocycles. The first-order valence-electron chi connectivity index (χ1n) is 12.1. The highest BCUT2D eigenvalue weighted by Gasteiger charge is 2.24. The van der Waals surface area contributed by atoms with Crippen LogP contribution in [0.2, 0.25) is 10.0 Å². The molecule has 3 aromatic carbocycles. The number of esters is 1. The highest BCUT2D eigenvalue weighted by atomic mass is 35.5. The summed E-state index contributed by atoms with van der Waals surface area (Å²) < 4.78 is 10.6. The maximum Gasteiger partial charge on any atom is 0.412 e. The summed E-state index contributed by atoms with van der Waals surface area (Å²) in [4.78, 5) is 37.8. The summed E-state index contributed by atoms with van der Waals surface area (Å²) in [6.07, 6.45) is -0.239. The normalized spacial score (nSPS) is 11.8. The quantitative estimate of drug-likeness (QED) is 0.280. The van der Waals surface area contributed by atoms with Crippen LogP contribution in [0.1, 0.15) is 55.1 Å². The van der Waals surface area contributed by atoms with Gasteiger partial charge in [-0.05, 0) is 81.6 Å². The molecule has 0 fully saturated rings. The highest BCUT2D eigenvalue weighted by molar-refractivity contribution is 6.40. The number of anilines is 2. The average Bonchev–Trinajstić information content (AvgIpc) is 2.82. The van der Waals surface area contributed by atoms with Gasteiger partial charge in [-0.1, -0.05) is 53.5 Å². The molecule has 0 saturated carbocycles. The van der Waals surface area contributed by atoms with Crippen LogP contribution < -0.4 is 10.6 Å². The number of carbonyl (C=O) groups is 3. The summed E-state index contributed by atoms with van der Waals surface area (Å²) in [6, 6.07) is 19.0. The van der Waals surface area contributed by atoms with Crippen molar-refractivity contribution in [3.63, 3.8) is 0 Å². The van der Waals surface area contributed by atoms with Gasteiger partial charge < -0.3 is 14.8 Å². The Hall–Kier alpha value is -3.55. The number of halogens is 2. The van der Waals surface area contributed by atoms with Crippen LogP contribution in [0.4, 0.5) is 16.2 Å². The summed E-state index contributed by atoms with van der Waals surface area (Å²) in [5, 5.41) is 6.00. The van der Waals surface area contributed by atoms with Crippen LogP contribution in [-0.2, 0) is 20.7 Å². The molecule has 9 heteroatoms. The van der Waals surface area contributed by atoms with Crippen LogP contribution in [0.15, 0.2) is 66.7 Å². The number of amides is 2. The maximum absolute atomic E-state index is 12.9. The van der Waals surface area contributed by atoms with Crippen LogP contribution in [0.3, 0.4) is 0 Å². The Bertz CT molecular complexity index is 1280. The average molecular weight is 557 g/mol. The van der Waals surface area contributed by atoms with E-state index in [4.69, 9.17) is 32.7 Å². The predicted octanol–water partition coefficient (Wildman–Crippen LogP) is 7.48. The second-order valence-electron chi connectivity index (χ2n) is 9.51. The predicted molar refractivity (Wildman–Crippen MR) is 150 cm³/mol. The molecule has 3 rings (SSSR count). The van der Waals surface area contributed by atoms with E-state index in [2.05, 4.69) is 10.6 Å². The van der Waals surface area contributed by atoms with Gasteiger partial charge in [0.1, 0.15) is 5.60 Å². The summed E-state index contributed by atoms with van der Waals surface area (Å²) in [6.45, 7) is 7.33. The zero-order valence-electron chi connectivity index (χ0n) is 21.6. The fraction of sp³-hybridized carbons (Fsp3) is 0.276. The highest BCUT2D eigenvalue weighted by Crippen LogP contribution is 2.28. The molecule has 1 unspecified atom stereocenters. The van der Waals surface area contributed by atoms with Gasteiger partial charge in [-0.15, -0.1) is 0 Å². The molecule has 0 saturated heterocycles. The molecule has 0 heterocycles. The molecule has 1 atom stereocenters. The van der Waals surface area contributed by atoms with Crippen LogP contribution in [-0.4, -0.2) is 30.2 Å². The smallest absolute Gasteiger partial charge is 0.412 e. The fourth-order valence-electron chi connectivity index (χ4n) is 3.70. The second kappa shape index (κ2) is 12.8. The molecular formula is C29H30Cl2N2O5. The van der Waals surface area contributed by atoms with Gasteiger partial charge in [0.25, 0.3) is 5.91 Å². The third kappa shape index (κ3) is 8.23. The lowest BCUT2D eigenvalue weighted by Crippen LogP contribution is -2.27. The van der Waals surface area contributed by atoms with Crippen molar-refractivity contribution >= 4 is 52.5 Å². The van der Waals surface area contributed by atoms with Crippen LogP contribution in [0.5, 0.6) is 0 Å². The van der Waals surface area contributed by atoms with E-state index in [1.165, 1.54) is 0 Å². The van der Waals surface area contributed by atoms with Gasteiger partial charge in [0.05, 0.1) is 28.1 Å². The molecule has 2 amide bonds. The lowest BCUT2D eigenvalue weighted by atomic mass is 9.91. The van der Waals surface area contributed by atoms with Crippen molar-refractivity contribution in [2.45, 2.75) is 45.6 Å². The van der Waals surface area contributed by atoms with Gasteiger partial charge in [-0.2, -0.15) is 0 Å². The largest absolute Gasteiger partial charge is 0.466 e. The minimum Gasteiger partial charge on any atom is -0.466 e. The molecule has 7 nitrogen and oxygen atoms in total. The van der Waals surface area contributed by atoms with Crippen molar-refractivity contribution < 1.29 is 23.9 Å². The Morgan fingerprint density at radius 1 is 0.868 bits per heavy atom. The lowest BCUT2D eigenvalue weighted by molar-refractivity contribution is -0.144. The summed E-state index contributed by atoms with van der Waals surface area (Å²) >= 11 is 12.3. The SMILES string of the molecule is CCOC(=O)C(Cc1ccc(NC(=O)c2c(Cl)cccc2Cl)cc1)c1cccc(NC(=O)OC(C)(C)C)c1. The summed E-state index contributed by atoms with van der Waals surface area (Å²) in [5.41, 5.74) is 2.14. The Balaban J connectivity index is 1.76. The molecule has 38 heavy (non-hydrogen) atoms. The molecular weight excluding hydrogens is 527 g/mol. The second-order valence-corrected chi connectivity index (χ2v) is 10.3. The van der Waals surface area contributed by atoms with E-state index < -0.39 is 23.5 Å². The van der Waals surface area contributed by atoms with E-state index in [-0.39, 0.29) is 28.2 Å². The van der Waals surface area contributed by atoms with Gasteiger partial charge in [-0.25, -0.2) is 4.79 Å². The first-order valence-corrected chi connectivity index (χ1v) is 12.8. The molecule has 0 spiro atoms. The van der Waals surface area contributed by atoms with Gasteiger partial charge >= 0.3 is 12.1 Å². The van der Waals surface area contributed by atoms with Crippen molar-refractivity contribution in [2.75, 3.05) is 17.2 Å². The minimum absolute atomic E-state index is 0.196. The van der Waals surface area contributed by atoms with E-state index in [0.717, 1.165) is 5.56 Å². The van der Waals surface area contributed by atoms with Crippen molar-refractivity contribution in [3.8, 4) is 0 Å². The third-order valence-electron chi connectivity index (χ3n) is 5.35. The van der Waals surface area contributed by atoms with E-state index in [1.54, 1.807) is 76.2 Å². The molecule has 2 N–H and O–H groups in total. The topological polar surface area (TPSA) is 93.7 Å². The van der Waals surface area contributed by atoms with Gasteiger partial charge in [0.2, 0.25) is 0 Å². The van der Waals surface area contributed by atoms with Crippen LogP contribution >= 0.6 is 23.2 Å². The maximum atomic E-state index is 12.9. The first kappa shape index (κ1) is 29.0. The van der Waals surface area contributed by atoms with Crippen LogP contribution in [0, 0.1) is 0 Å². The number of carbonyl (C=O) groups excluding carboxylic acids is 3. The molecule has 0 radical (unpaired) electrons. The van der Waals surface area contributed by atoms with Crippen molar-refractivity contribution in [1.29, 1.82) is 0 Å². The van der Waals surface area contributed by atoms with Gasteiger partial charge in [0, 0.05) is 11.4 Å². The number of ether oxygens (including phenoxy) is 2. The zero-order valence-corrected chi connectivity index (χ0v) is 23.2. The lowest BCUT2D eigenvalue weighted by Gasteiger charge is -2.20. The number of rotatable bonds is 8. The fourth-order valence-corrected chi connectivity index (χ4v) is 4.27. The van der Waals surface area contributed by atoms with E-state index in [9.17, 15) is 14.4 Å². The molecule has 0 bridgehead atoms. The summed E-state index contributed by atoms with van der Waals surface area (Å²) in [7, 11) is 0.